The van der Waals surface area contributed by atoms with Crippen molar-refractivity contribution in [2.24, 2.45) is 0 Å². The van der Waals surface area contributed by atoms with Crippen LogP contribution in [0.1, 0.15) is 30.9 Å². The molecule has 3 rings (SSSR count). The Balaban J connectivity index is 1.90. The second-order valence-electron chi connectivity index (χ2n) is 6.24. The molecule has 1 heterocycles. The number of hydrogen-bond donors (Lipinski definition) is 1. The lowest BCUT2D eigenvalue weighted by Crippen LogP contribution is -2.16. The number of nitrogens with zero attached hydrogens (tertiary/aromatic N) is 1. The van der Waals surface area contributed by atoms with Gasteiger partial charge in [0.15, 0.2) is 0 Å². The summed E-state index contributed by atoms with van der Waals surface area (Å²) in [7, 11) is -3.65. The van der Waals surface area contributed by atoms with E-state index in [0.717, 1.165) is 11.1 Å². The van der Waals surface area contributed by atoms with Crippen LogP contribution in [0.2, 0.25) is 0 Å². The van der Waals surface area contributed by atoms with Crippen molar-refractivity contribution in [3.05, 3.63) is 77.4 Å². The average molecular weight is 418 g/mol. The lowest BCUT2D eigenvalue weighted by atomic mass is 10.2. The van der Waals surface area contributed by atoms with Crippen LogP contribution in [0.5, 0.6) is 0 Å². The predicted octanol–water partition coefficient (Wildman–Crippen LogP) is 4.91. The summed E-state index contributed by atoms with van der Waals surface area (Å²) >= 11 is 0. The molecule has 0 fully saturated rings. The van der Waals surface area contributed by atoms with Crippen LogP contribution >= 0.6 is 7.60 Å². The molecular formula is C21H24FN2O4P. The third-order valence-corrected chi connectivity index (χ3v) is 6.09. The van der Waals surface area contributed by atoms with E-state index < -0.39 is 7.60 Å². The summed E-state index contributed by atoms with van der Waals surface area (Å²) in [6.07, 6.45) is 0.435. The third-order valence-electron chi connectivity index (χ3n) is 4.08. The molecule has 29 heavy (non-hydrogen) atoms. The van der Waals surface area contributed by atoms with E-state index in [1.54, 1.807) is 26.0 Å². The number of aromatic nitrogens is 1. The van der Waals surface area contributed by atoms with Gasteiger partial charge in [-0.25, -0.2) is 9.37 Å². The van der Waals surface area contributed by atoms with Crippen molar-refractivity contribution < 1.29 is 22.4 Å². The molecular weight excluding hydrogens is 394 g/mol. The summed E-state index contributed by atoms with van der Waals surface area (Å²) in [6.45, 7) is 4.22. The maximum Gasteiger partial charge on any atom is 0.385 e. The van der Waals surface area contributed by atoms with Gasteiger partial charge in [0.25, 0.3) is 0 Å². The van der Waals surface area contributed by atoms with Gasteiger partial charge in [0.05, 0.1) is 13.2 Å². The molecule has 8 heteroatoms. The second-order valence-corrected chi connectivity index (χ2v) is 8.17. The first-order valence-electron chi connectivity index (χ1n) is 9.45. The Hall–Kier alpha value is -2.47. The van der Waals surface area contributed by atoms with Crippen molar-refractivity contribution in [1.82, 2.24) is 4.98 Å². The molecule has 3 aromatic rings. The summed E-state index contributed by atoms with van der Waals surface area (Å²) in [5.41, 5.74) is 1.96. The van der Waals surface area contributed by atoms with Crippen molar-refractivity contribution in [3.8, 4) is 0 Å². The zero-order valence-electron chi connectivity index (χ0n) is 16.4. The van der Waals surface area contributed by atoms with Gasteiger partial charge in [-0.1, -0.05) is 42.5 Å². The van der Waals surface area contributed by atoms with E-state index in [4.69, 9.17) is 13.5 Å². The van der Waals surface area contributed by atoms with Crippen molar-refractivity contribution >= 4 is 18.9 Å². The molecule has 0 spiro atoms. The highest BCUT2D eigenvalue weighted by Crippen LogP contribution is 2.48. The van der Waals surface area contributed by atoms with Gasteiger partial charge in [-0.15, -0.1) is 0 Å². The van der Waals surface area contributed by atoms with Gasteiger partial charge in [-0.2, -0.15) is 0 Å². The van der Waals surface area contributed by atoms with E-state index in [2.05, 4.69) is 10.3 Å². The van der Waals surface area contributed by atoms with Crippen LogP contribution in [-0.4, -0.2) is 18.2 Å². The third kappa shape index (κ3) is 5.54. The number of rotatable bonds is 10. The lowest BCUT2D eigenvalue weighted by Gasteiger charge is -2.15. The van der Waals surface area contributed by atoms with Gasteiger partial charge in [0.1, 0.15) is 5.82 Å². The minimum atomic E-state index is -3.65. The smallest absolute Gasteiger partial charge is 0.385 e. The zero-order valence-corrected chi connectivity index (χ0v) is 17.3. The van der Waals surface area contributed by atoms with Crippen LogP contribution in [0.25, 0.3) is 0 Å². The fraction of sp³-hybridized carbons (Fsp3) is 0.286. The molecule has 0 unspecified atom stereocenters. The SMILES string of the molecule is CCOP(=O)(OCC)c1nc(Cc2ccccc2)oc1NCc1ccc(F)cc1. The van der Waals surface area contributed by atoms with Crippen molar-refractivity contribution in [1.29, 1.82) is 0 Å². The highest BCUT2D eigenvalue weighted by molar-refractivity contribution is 7.62. The number of oxazole rings is 1. The van der Waals surface area contributed by atoms with E-state index in [1.807, 2.05) is 30.3 Å². The van der Waals surface area contributed by atoms with E-state index >= 15 is 0 Å². The van der Waals surface area contributed by atoms with Gasteiger partial charge in [0.2, 0.25) is 17.2 Å². The molecule has 2 aromatic carbocycles. The molecule has 0 saturated carbocycles. The van der Waals surface area contributed by atoms with Crippen LogP contribution < -0.4 is 10.8 Å². The van der Waals surface area contributed by atoms with Crippen molar-refractivity contribution in [2.45, 2.75) is 26.8 Å². The maximum atomic E-state index is 13.3. The fourth-order valence-corrected chi connectivity index (χ4v) is 4.39. The molecule has 0 aliphatic rings. The highest BCUT2D eigenvalue weighted by Gasteiger charge is 2.35. The minimum Gasteiger partial charge on any atom is -0.424 e. The summed E-state index contributed by atoms with van der Waals surface area (Å²) < 4.78 is 43.2. The molecule has 6 nitrogen and oxygen atoms in total. The van der Waals surface area contributed by atoms with Crippen LogP contribution in [0.4, 0.5) is 10.3 Å². The summed E-state index contributed by atoms with van der Waals surface area (Å²) in [4.78, 5) is 4.44. The van der Waals surface area contributed by atoms with Gasteiger partial charge in [0, 0.05) is 13.0 Å². The summed E-state index contributed by atoms with van der Waals surface area (Å²) in [6, 6.07) is 15.8. The van der Waals surface area contributed by atoms with Gasteiger partial charge >= 0.3 is 7.60 Å². The molecule has 1 aromatic heterocycles. The molecule has 0 radical (unpaired) electrons. The quantitative estimate of drug-likeness (QED) is 0.472. The molecule has 1 N–H and O–H groups in total. The van der Waals surface area contributed by atoms with Gasteiger partial charge in [-0.3, -0.25) is 4.57 Å². The number of anilines is 1. The van der Waals surface area contributed by atoms with Crippen molar-refractivity contribution in [3.63, 3.8) is 0 Å². The average Bonchev–Trinajstić information content (AvgIpc) is 3.12. The Labute approximate surface area is 169 Å². The Morgan fingerprint density at radius 2 is 1.66 bits per heavy atom. The Kier molecular flexibility index (Phi) is 7.20. The lowest BCUT2D eigenvalue weighted by molar-refractivity contribution is 0.229. The number of benzene rings is 2. The van der Waals surface area contributed by atoms with Crippen molar-refractivity contribution in [2.75, 3.05) is 18.5 Å². The van der Waals surface area contributed by atoms with E-state index in [-0.39, 0.29) is 30.4 Å². The molecule has 0 bridgehead atoms. The molecule has 0 amide bonds. The maximum absolute atomic E-state index is 13.3. The van der Waals surface area contributed by atoms with E-state index in [0.29, 0.717) is 18.9 Å². The highest BCUT2D eigenvalue weighted by atomic mass is 31.2. The molecule has 0 aliphatic heterocycles. The second kappa shape index (κ2) is 9.83. The topological polar surface area (TPSA) is 73.6 Å². The zero-order chi connectivity index (χ0) is 20.7. The number of hydrogen-bond acceptors (Lipinski definition) is 6. The monoisotopic (exact) mass is 418 g/mol. The Morgan fingerprint density at radius 3 is 2.28 bits per heavy atom. The largest absolute Gasteiger partial charge is 0.424 e. The standard InChI is InChI=1S/C21H24FN2O4P/c1-3-26-29(25,27-4-2)21-20(23-15-17-10-12-18(22)13-11-17)28-19(24-21)14-16-8-6-5-7-9-16/h5-13,23H,3-4,14-15H2,1-2H3. The van der Waals surface area contributed by atoms with Gasteiger partial charge < -0.3 is 18.8 Å². The normalized spacial score (nSPS) is 11.6. The molecule has 0 aliphatic carbocycles. The van der Waals surface area contributed by atoms with E-state index in [1.165, 1.54) is 12.1 Å². The first kappa shape index (κ1) is 21.2. The Bertz CT molecular complexity index is 951. The van der Waals surface area contributed by atoms with Gasteiger partial charge in [-0.05, 0) is 37.1 Å². The predicted molar refractivity (Wildman–Crippen MR) is 110 cm³/mol. The van der Waals surface area contributed by atoms with Crippen LogP contribution in [0, 0.1) is 5.82 Å². The minimum absolute atomic E-state index is 0.120. The molecule has 0 atom stereocenters. The molecule has 154 valence electrons. The summed E-state index contributed by atoms with van der Waals surface area (Å²) in [5.74, 6) is 0.314. The van der Waals surface area contributed by atoms with Crippen LogP contribution in [-0.2, 0) is 26.6 Å². The number of halogens is 1. The first-order valence-corrected chi connectivity index (χ1v) is 11.0. The Morgan fingerprint density at radius 1 is 1.00 bits per heavy atom. The molecule has 0 saturated heterocycles. The van der Waals surface area contributed by atoms with Crippen LogP contribution in [0.15, 0.2) is 59.0 Å². The summed E-state index contributed by atoms with van der Waals surface area (Å²) in [5, 5.41) is 3.09. The number of nitrogens with one attached hydrogen (secondary N) is 1. The van der Waals surface area contributed by atoms with Crippen LogP contribution in [0.3, 0.4) is 0 Å². The first-order chi connectivity index (χ1) is 14.0. The van der Waals surface area contributed by atoms with E-state index in [9.17, 15) is 8.96 Å². The fourth-order valence-electron chi connectivity index (χ4n) is 2.79.